The Labute approximate surface area is 163 Å². The minimum atomic E-state index is -4.71. The molecule has 11 heteroatoms. The van der Waals surface area contributed by atoms with Gasteiger partial charge in [0.2, 0.25) is 10.0 Å². The number of aliphatic hydroxyl groups excluding tert-OH is 1. The zero-order valence-corrected chi connectivity index (χ0v) is 15.6. The summed E-state index contributed by atoms with van der Waals surface area (Å²) >= 11 is 6.13. The maximum Gasteiger partial charge on any atom is 0.435 e. The Bertz CT molecular complexity index is 1140. The molecule has 0 aliphatic heterocycles. The van der Waals surface area contributed by atoms with Crippen molar-refractivity contribution in [2.75, 3.05) is 0 Å². The maximum absolute atomic E-state index is 13.2. The number of alkyl halides is 3. The third-order valence-electron chi connectivity index (χ3n) is 3.92. The molecule has 0 radical (unpaired) electrons. The molecule has 3 N–H and O–H groups in total. The van der Waals surface area contributed by atoms with Gasteiger partial charge in [-0.1, -0.05) is 29.8 Å². The maximum atomic E-state index is 13.2. The average Bonchev–Trinajstić information content (AvgIpc) is 3.06. The van der Waals surface area contributed by atoms with Crippen LogP contribution in [-0.2, 0) is 22.8 Å². The Balaban J connectivity index is 2.27. The highest BCUT2D eigenvalue weighted by Crippen LogP contribution is 2.36. The van der Waals surface area contributed by atoms with Crippen molar-refractivity contribution < 1.29 is 26.7 Å². The smallest absolute Gasteiger partial charge is 0.392 e. The van der Waals surface area contributed by atoms with E-state index in [0.717, 1.165) is 16.8 Å². The first kappa shape index (κ1) is 20.3. The third-order valence-corrected chi connectivity index (χ3v) is 5.26. The van der Waals surface area contributed by atoms with Crippen molar-refractivity contribution in [2.24, 2.45) is 5.14 Å². The molecule has 3 aromatic rings. The fourth-order valence-corrected chi connectivity index (χ4v) is 3.66. The zero-order chi connectivity index (χ0) is 20.7. The van der Waals surface area contributed by atoms with Crippen LogP contribution in [-0.4, -0.2) is 23.3 Å². The summed E-state index contributed by atoms with van der Waals surface area (Å²) in [6.45, 7) is -0.686. The van der Waals surface area contributed by atoms with Crippen LogP contribution in [0.1, 0.15) is 11.3 Å². The van der Waals surface area contributed by atoms with Gasteiger partial charge in [-0.15, -0.1) is 0 Å². The second-order valence-corrected chi connectivity index (χ2v) is 7.74. The lowest BCUT2D eigenvalue weighted by Gasteiger charge is -2.12. The molecule has 6 nitrogen and oxygen atoms in total. The fraction of sp³-hybridized carbons (Fsp3) is 0.118. The number of rotatable bonds is 4. The van der Waals surface area contributed by atoms with E-state index in [1.807, 2.05) is 0 Å². The summed E-state index contributed by atoms with van der Waals surface area (Å²) in [7, 11) is -4.12. The lowest BCUT2D eigenvalue weighted by Crippen LogP contribution is -2.15. The monoisotopic (exact) mass is 431 g/mol. The van der Waals surface area contributed by atoms with E-state index in [2.05, 4.69) is 5.10 Å². The van der Waals surface area contributed by atoms with E-state index < -0.39 is 28.5 Å². The summed E-state index contributed by atoms with van der Waals surface area (Å²) in [6.07, 6.45) is -4.71. The van der Waals surface area contributed by atoms with Crippen LogP contribution >= 0.6 is 11.6 Å². The van der Waals surface area contributed by atoms with Crippen LogP contribution in [0.25, 0.3) is 16.9 Å². The van der Waals surface area contributed by atoms with Crippen LogP contribution < -0.4 is 5.14 Å². The summed E-state index contributed by atoms with van der Waals surface area (Å²) in [5.41, 5.74) is -0.780. The van der Waals surface area contributed by atoms with Gasteiger partial charge in [-0.2, -0.15) is 18.3 Å². The van der Waals surface area contributed by atoms with Gasteiger partial charge in [0.25, 0.3) is 0 Å². The number of sulfonamides is 1. The summed E-state index contributed by atoms with van der Waals surface area (Å²) in [5, 5.41) is 18.4. The number of benzene rings is 2. The Morgan fingerprint density at radius 2 is 1.82 bits per heavy atom. The van der Waals surface area contributed by atoms with Gasteiger partial charge >= 0.3 is 6.18 Å². The van der Waals surface area contributed by atoms with Gasteiger partial charge in [0.05, 0.1) is 22.9 Å². The zero-order valence-electron chi connectivity index (χ0n) is 14.0. The SMILES string of the molecule is NS(=O)(=O)c1ccc(-n2nc(C(F)(F)F)cc2-c2ccccc2Cl)cc1CO. The van der Waals surface area contributed by atoms with Crippen LogP contribution in [0.4, 0.5) is 13.2 Å². The molecule has 0 aliphatic carbocycles. The van der Waals surface area contributed by atoms with Crippen molar-refractivity contribution in [3.63, 3.8) is 0 Å². The van der Waals surface area contributed by atoms with Crippen molar-refractivity contribution in [3.8, 4) is 16.9 Å². The number of hydrogen-bond donors (Lipinski definition) is 2. The minimum absolute atomic E-state index is 0.0465. The summed E-state index contributed by atoms with van der Waals surface area (Å²) in [4.78, 5) is -0.332. The molecular formula is C17H13ClF3N3O3S. The van der Waals surface area contributed by atoms with E-state index in [-0.39, 0.29) is 26.9 Å². The molecule has 3 rings (SSSR count). The van der Waals surface area contributed by atoms with Crippen molar-refractivity contribution in [3.05, 3.63) is 64.8 Å². The largest absolute Gasteiger partial charge is 0.435 e. The molecule has 28 heavy (non-hydrogen) atoms. The van der Waals surface area contributed by atoms with Crippen molar-refractivity contribution in [1.29, 1.82) is 0 Å². The fourth-order valence-electron chi connectivity index (χ4n) is 2.68. The van der Waals surface area contributed by atoms with Crippen LogP contribution in [0.15, 0.2) is 53.4 Å². The molecule has 0 amide bonds. The molecule has 0 saturated heterocycles. The predicted octanol–water partition coefficient (Wildman–Crippen LogP) is 3.35. The molecule has 1 heterocycles. The molecule has 1 aromatic heterocycles. The molecule has 0 unspecified atom stereocenters. The third kappa shape index (κ3) is 3.90. The van der Waals surface area contributed by atoms with Gasteiger partial charge < -0.3 is 5.11 Å². The standard InChI is InChI=1S/C17H13ClF3N3O3S/c18-13-4-2-1-3-12(13)14-8-16(17(19,20)21)23-24(14)11-5-6-15(28(22,26)27)10(7-11)9-25/h1-8,25H,9H2,(H2,22,26,27). The van der Waals surface area contributed by atoms with Crippen molar-refractivity contribution in [2.45, 2.75) is 17.7 Å². The van der Waals surface area contributed by atoms with Gasteiger partial charge in [0, 0.05) is 10.6 Å². The second-order valence-electron chi connectivity index (χ2n) is 5.80. The normalized spacial score (nSPS) is 12.4. The van der Waals surface area contributed by atoms with Gasteiger partial charge in [0.1, 0.15) is 0 Å². The van der Waals surface area contributed by atoms with Crippen molar-refractivity contribution >= 4 is 21.6 Å². The molecule has 0 bridgehead atoms. The lowest BCUT2D eigenvalue weighted by molar-refractivity contribution is -0.141. The molecule has 2 aromatic carbocycles. The predicted molar refractivity (Wildman–Crippen MR) is 96.3 cm³/mol. The van der Waals surface area contributed by atoms with E-state index in [1.54, 1.807) is 12.1 Å². The highest BCUT2D eigenvalue weighted by Gasteiger charge is 2.35. The highest BCUT2D eigenvalue weighted by atomic mass is 35.5. The Hall–Kier alpha value is -2.40. The molecule has 0 fully saturated rings. The minimum Gasteiger partial charge on any atom is -0.392 e. The van der Waals surface area contributed by atoms with Crippen LogP contribution in [0.2, 0.25) is 5.02 Å². The number of halogens is 4. The van der Waals surface area contributed by atoms with Crippen molar-refractivity contribution in [1.82, 2.24) is 9.78 Å². The van der Waals surface area contributed by atoms with E-state index in [0.29, 0.717) is 5.56 Å². The highest BCUT2D eigenvalue weighted by molar-refractivity contribution is 7.89. The summed E-state index contributed by atoms with van der Waals surface area (Å²) < 4.78 is 63.9. The lowest BCUT2D eigenvalue weighted by atomic mass is 10.1. The molecule has 148 valence electrons. The first-order valence-corrected chi connectivity index (χ1v) is 9.64. The van der Waals surface area contributed by atoms with E-state index in [9.17, 15) is 26.7 Å². The van der Waals surface area contributed by atoms with Crippen LogP contribution in [0.3, 0.4) is 0 Å². The molecule has 0 atom stereocenters. The molecule has 0 saturated carbocycles. The summed E-state index contributed by atoms with van der Waals surface area (Å²) in [6, 6.07) is 10.7. The topological polar surface area (TPSA) is 98.2 Å². The number of primary sulfonamides is 1. The number of aromatic nitrogens is 2. The summed E-state index contributed by atoms with van der Waals surface area (Å²) in [5.74, 6) is 0. The van der Waals surface area contributed by atoms with E-state index >= 15 is 0 Å². The molecular weight excluding hydrogens is 419 g/mol. The Morgan fingerprint density at radius 3 is 2.39 bits per heavy atom. The van der Waals surface area contributed by atoms with Crippen LogP contribution in [0.5, 0.6) is 0 Å². The Kier molecular flexibility index (Phi) is 5.24. The Morgan fingerprint density at radius 1 is 1.14 bits per heavy atom. The molecule has 0 spiro atoms. The second kappa shape index (κ2) is 7.21. The van der Waals surface area contributed by atoms with E-state index in [1.165, 1.54) is 24.3 Å². The first-order valence-electron chi connectivity index (χ1n) is 7.71. The van der Waals surface area contributed by atoms with Gasteiger partial charge in [-0.25, -0.2) is 18.2 Å². The average molecular weight is 432 g/mol. The number of nitrogens with two attached hydrogens (primary N) is 1. The van der Waals surface area contributed by atoms with Gasteiger partial charge in [-0.3, -0.25) is 0 Å². The van der Waals surface area contributed by atoms with Gasteiger partial charge in [0.15, 0.2) is 5.69 Å². The number of aliphatic hydroxyl groups is 1. The first-order chi connectivity index (χ1) is 13.0. The number of nitrogens with zero attached hydrogens (tertiary/aromatic N) is 2. The van der Waals surface area contributed by atoms with Gasteiger partial charge in [-0.05, 0) is 35.9 Å². The quantitative estimate of drug-likeness (QED) is 0.661. The van der Waals surface area contributed by atoms with Crippen LogP contribution in [0, 0.1) is 0 Å². The van der Waals surface area contributed by atoms with E-state index in [4.69, 9.17) is 16.7 Å². The number of hydrogen-bond acceptors (Lipinski definition) is 4. The molecule has 0 aliphatic rings.